The number of aromatic nitrogens is 3. The van der Waals surface area contributed by atoms with Crippen LogP contribution in [0.25, 0.3) is 10.9 Å². The Hall–Kier alpha value is -1.41. The molecular formula is C16H19ClN4OS2. The molecule has 0 aliphatic carbocycles. The average molecular weight is 383 g/mol. The molecular weight excluding hydrogens is 364 g/mol. The number of para-hydroxylation sites is 1. The van der Waals surface area contributed by atoms with Gasteiger partial charge in [-0.1, -0.05) is 29.8 Å². The van der Waals surface area contributed by atoms with Gasteiger partial charge in [0.2, 0.25) is 0 Å². The summed E-state index contributed by atoms with van der Waals surface area (Å²) in [6.45, 7) is 3.73. The molecule has 0 aliphatic heterocycles. The highest BCUT2D eigenvalue weighted by molar-refractivity contribution is 8.31. The summed E-state index contributed by atoms with van der Waals surface area (Å²) in [7, 11) is -1.19. The number of benzene rings is 1. The first-order valence-corrected chi connectivity index (χ1v) is 10.4. The zero-order chi connectivity index (χ0) is 17.5. The summed E-state index contributed by atoms with van der Waals surface area (Å²) in [5, 5.41) is 5.68. The molecule has 0 saturated heterocycles. The summed E-state index contributed by atoms with van der Waals surface area (Å²) < 4.78 is 17.6. The quantitative estimate of drug-likeness (QED) is 0.712. The van der Waals surface area contributed by atoms with E-state index in [1.54, 1.807) is 14.0 Å². The number of H-pyrrole nitrogens is 1. The summed E-state index contributed by atoms with van der Waals surface area (Å²) >= 11 is 11.5. The van der Waals surface area contributed by atoms with Crippen LogP contribution in [0.2, 0.25) is 5.15 Å². The van der Waals surface area contributed by atoms with Gasteiger partial charge in [0, 0.05) is 41.4 Å². The minimum Gasteiger partial charge on any atom is -0.361 e. The first-order valence-electron chi connectivity index (χ1n) is 7.56. The highest BCUT2D eigenvalue weighted by Gasteiger charge is 2.23. The van der Waals surface area contributed by atoms with Crippen molar-refractivity contribution in [3.8, 4) is 0 Å². The number of halogens is 1. The molecule has 2 heterocycles. The van der Waals surface area contributed by atoms with Crippen molar-refractivity contribution >= 4 is 42.4 Å². The fourth-order valence-electron chi connectivity index (χ4n) is 2.91. The smallest absolute Gasteiger partial charge is 0.144 e. The summed E-state index contributed by atoms with van der Waals surface area (Å²) in [6.07, 6.45) is 2.69. The number of nitrogens with zero attached hydrogens (tertiary/aromatic N) is 2. The predicted molar refractivity (Wildman–Crippen MR) is 101 cm³/mol. The van der Waals surface area contributed by atoms with E-state index in [1.807, 2.05) is 31.3 Å². The van der Waals surface area contributed by atoms with E-state index in [0.29, 0.717) is 22.2 Å². The molecule has 0 aliphatic rings. The largest absolute Gasteiger partial charge is 0.361 e. The molecule has 2 N–H and O–H groups in total. The van der Waals surface area contributed by atoms with Crippen LogP contribution >= 0.6 is 11.6 Å². The van der Waals surface area contributed by atoms with E-state index in [0.717, 1.165) is 16.5 Å². The Balaban J connectivity index is 1.82. The molecule has 8 heteroatoms. The van der Waals surface area contributed by atoms with Gasteiger partial charge in [-0.2, -0.15) is 5.10 Å². The lowest BCUT2D eigenvalue weighted by Gasteiger charge is -2.16. The van der Waals surface area contributed by atoms with Crippen LogP contribution in [0.1, 0.15) is 18.2 Å². The lowest BCUT2D eigenvalue weighted by Crippen LogP contribution is -2.33. The maximum absolute atomic E-state index is 13.0. The third-order valence-corrected chi connectivity index (χ3v) is 7.00. The molecule has 0 radical (unpaired) electrons. The van der Waals surface area contributed by atoms with Crippen LogP contribution in [0.15, 0.2) is 35.4 Å². The fourth-order valence-corrected chi connectivity index (χ4v) is 6.16. The highest BCUT2D eigenvalue weighted by Crippen LogP contribution is 2.25. The second-order valence-electron chi connectivity index (χ2n) is 5.91. The second kappa shape index (κ2) is 6.48. The Morgan fingerprint density at radius 3 is 2.83 bits per heavy atom. The maximum atomic E-state index is 13.0. The van der Waals surface area contributed by atoms with Crippen LogP contribution in [0.4, 0.5) is 0 Å². The van der Waals surface area contributed by atoms with Crippen molar-refractivity contribution in [1.29, 1.82) is 0 Å². The molecule has 24 heavy (non-hydrogen) atoms. The van der Waals surface area contributed by atoms with Crippen LogP contribution in [-0.4, -0.2) is 25.0 Å². The van der Waals surface area contributed by atoms with Crippen molar-refractivity contribution in [2.24, 2.45) is 7.05 Å². The molecule has 5 nitrogen and oxygen atoms in total. The Bertz CT molecular complexity index is 991. The van der Waals surface area contributed by atoms with Gasteiger partial charge in [-0.3, -0.25) is 4.68 Å². The molecule has 0 fully saturated rings. The number of fused-ring (bicyclic) bond motifs is 1. The van der Waals surface area contributed by atoms with E-state index in [-0.39, 0.29) is 6.04 Å². The minimum atomic E-state index is -2.90. The van der Waals surface area contributed by atoms with E-state index in [1.165, 1.54) is 4.68 Å². The monoisotopic (exact) mass is 382 g/mol. The molecule has 0 bridgehead atoms. The van der Waals surface area contributed by atoms with Crippen molar-refractivity contribution in [1.82, 2.24) is 19.5 Å². The van der Waals surface area contributed by atoms with Gasteiger partial charge in [0.1, 0.15) is 18.7 Å². The maximum Gasteiger partial charge on any atom is 0.144 e. The fraction of sp³-hybridized carbons (Fsp3) is 0.312. The van der Waals surface area contributed by atoms with Crippen LogP contribution in [0, 0.1) is 6.92 Å². The number of aryl methyl sites for hydroxylation is 2. The van der Waals surface area contributed by atoms with Crippen molar-refractivity contribution in [2.75, 3.05) is 0 Å². The predicted octanol–water partition coefficient (Wildman–Crippen LogP) is 3.10. The van der Waals surface area contributed by atoms with Gasteiger partial charge in [-0.05, 0) is 31.9 Å². The topological polar surface area (TPSA) is 62.7 Å². The highest BCUT2D eigenvalue weighted by atomic mass is 35.5. The Kier molecular flexibility index (Phi) is 4.70. The molecule has 2 aromatic heterocycles. The van der Waals surface area contributed by atoms with E-state index in [4.69, 9.17) is 22.8 Å². The Labute approximate surface area is 151 Å². The van der Waals surface area contributed by atoms with Gasteiger partial charge < -0.3 is 4.98 Å². The number of hydrogen-bond acceptors (Lipinski definition) is 3. The molecule has 0 spiro atoms. The summed E-state index contributed by atoms with van der Waals surface area (Å²) in [5.41, 5.74) is 2.84. The molecule has 3 rings (SSSR count). The van der Waals surface area contributed by atoms with E-state index in [9.17, 15) is 4.21 Å². The first kappa shape index (κ1) is 17.4. The summed E-state index contributed by atoms with van der Waals surface area (Å²) in [5.74, 6) is 0. The van der Waals surface area contributed by atoms with Crippen LogP contribution in [0.3, 0.4) is 0 Å². The van der Waals surface area contributed by atoms with E-state index in [2.05, 4.69) is 20.9 Å². The second-order valence-corrected chi connectivity index (χ2v) is 9.33. The first-order chi connectivity index (χ1) is 11.3. The molecule has 2 atom stereocenters. The molecule has 0 saturated carbocycles. The van der Waals surface area contributed by atoms with Gasteiger partial charge in [0.05, 0.1) is 5.69 Å². The van der Waals surface area contributed by atoms with E-state index >= 15 is 0 Å². The number of rotatable bonds is 5. The number of aromatic amines is 1. The van der Waals surface area contributed by atoms with Crippen LogP contribution < -0.4 is 4.72 Å². The zero-order valence-electron chi connectivity index (χ0n) is 13.7. The minimum absolute atomic E-state index is 0.0788. The lowest BCUT2D eigenvalue weighted by molar-refractivity contribution is 0.632. The van der Waals surface area contributed by atoms with Crippen molar-refractivity contribution < 1.29 is 4.21 Å². The number of nitrogens with one attached hydrogen (secondary N) is 2. The van der Waals surface area contributed by atoms with Gasteiger partial charge >= 0.3 is 0 Å². The number of hydrogen-bond donors (Lipinski definition) is 2. The van der Waals surface area contributed by atoms with Gasteiger partial charge in [0.15, 0.2) is 0 Å². The van der Waals surface area contributed by atoms with Crippen LogP contribution in [0.5, 0.6) is 0 Å². The van der Waals surface area contributed by atoms with Gasteiger partial charge in [-0.25, -0.2) is 8.93 Å². The molecule has 128 valence electrons. The summed E-state index contributed by atoms with van der Waals surface area (Å²) in [6, 6.07) is 8.03. The standard InChI is InChI=1S/C16H19ClN4OS2/c1-10(8-12-9-18-14-7-5-4-6-13(12)14)20-24(22,23)15-11(2)19-21(3)16(15)17/h4-7,9-10,18,20H,8H2,1-3H3. The third kappa shape index (κ3) is 3.21. The van der Waals surface area contributed by atoms with E-state index < -0.39 is 8.68 Å². The van der Waals surface area contributed by atoms with Crippen molar-refractivity contribution in [2.45, 2.75) is 31.2 Å². The Morgan fingerprint density at radius 2 is 2.17 bits per heavy atom. The molecule has 0 amide bonds. The zero-order valence-corrected chi connectivity index (χ0v) is 16.1. The molecule has 3 aromatic rings. The molecule has 1 aromatic carbocycles. The SMILES string of the molecule is Cc1nn(C)c(Cl)c1S(=O)(=S)NC(C)Cc1c[nH]c2ccccc12. The van der Waals surface area contributed by atoms with Crippen molar-refractivity contribution in [3.63, 3.8) is 0 Å². The summed E-state index contributed by atoms with van der Waals surface area (Å²) in [4.78, 5) is 3.66. The Morgan fingerprint density at radius 1 is 1.46 bits per heavy atom. The average Bonchev–Trinajstić information content (AvgIpc) is 3.00. The van der Waals surface area contributed by atoms with Gasteiger partial charge in [-0.15, -0.1) is 0 Å². The normalized spacial score (nSPS) is 15.5. The van der Waals surface area contributed by atoms with Crippen molar-refractivity contribution in [3.05, 3.63) is 46.9 Å². The van der Waals surface area contributed by atoms with Crippen LogP contribution in [-0.2, 0) is 33.3 Å². The third-order valence-electron chi connectivity index (χ3n) is 3.93. The molecule has 2 unspecified atom stereocenters. The van der Waals surface area contributed by atoms with Gasteiger partial charge in [0.25, 0.3) is 0 Å². The lowest BCUT2D eigenvalue weighted by atomic mass is 10.1.